The van der Waals surface area contributed by atoms with Gasteiger partial charge in [-0.3, -0.25) is 4.79 Å². The third-order valence-corrected chi connectivity index (χ3v) is 5.70. The van der Waals surface area contributed by atoms with Gasteiger partial charge in [0, 0.05) is 10.9 Å². The number of carbonyl (C=O) groups excluding carboxylic acids is 1. The molecule has 2 heterocycles. The van der Waals surface area contributed by atoms with Crippen LogP contribution in [0.5, 0.6) is 0 Å². The van der Waals surface area contributed by atoms with Crippen molar-refractivity contribution >= 4 is 62.0 Å². The van der Waals surface area contributed by atoms with Gasteiger partial charge in [-0.15, -0.1) is 11.3 Å². The minimum Gasteiger partial charge on any atom is -0.397 e. The van der Waals surface area contributed by atoms with Crippen molar-refractivity contribution in [1.82, 2.24) is 4.98 Å². The van der Waals surface area contributed by atoms with Crippen molar-refractivity contribution in [2.24, 2.45) is 0 Å². The quantitative estimate of drug-likeness (QED) is 0.643. The summed E-state index contributed by atoms with van der Waals surface area (Å²) in [7, 11) is 0. The van der Waals surface area contributed by atoms with Crippen LogP contribution in [-0.2, 0) is 6.42 Å². The molecule has 0 atom stereocenters. The molecular formula is C17H12Cl2N4OS. The average Bonchev–Trinajstić information content (AvgIpc) is 2.91. The number of hydrogen-bond acceptors (Lipinski definition) is 6. The number of hydrogen-bond donors (Lipinski definition) is 2. The van der Waals surface area contributed by atoms with Gasteiger partial charge in [-0.2, -0.15) is 5.26 Å². The summed E-state index contributed by atoms with van der Waals surface area (Å²) in [5.41, 5.74) is 13.8. The summed E-state index contributed by atoms with van der Waals surface area (Å²) in [6.07, 6.45) is 0.549. The number of ketones is 1. The highest BCUT2D eigenvalue weighted by molar-refractivity contribution is 7.21. The SMILES string of the molecule is CCc1c(C#N)c(N)nc2sc(C(=O)c3ccc(Cl)c(Cl)c3)c(N)c12. The minimum atomic E-state index is -0.279. The van der Waals surface area contributed by atoms with Gasteiger partial charge in [0.25, 0.3) is 0 Å². The molecule has 0 amide bonds. The maximum absolute atomic E-state index is 12.8. The van der Waals surface area contributed by atoms with Gasteiger partial charge in [-0.1, -0.05) is 30.1 Å². The van der Waals surface area contributed by atoms with E-state index in [0.717, 1.165) is 11.3 Å². The average molecular weight is 391 g/mol. The van der Waals surface area contributed by atoms with Crippen LogP contribution in [0.15, 0.2) is 18.2 Å². The van der Waals surface area contributed by atoms with Crippen LogP contribution < -0.4 is 11.5 Å². The Morgan fingerprint density at radius 2 is 2.04 bits per heavy atom. The van der Waals surface area contributed by atoms with Crippen molar-refractivity contribution < 1.29 is 4.79 Å². The van der Waals surface area contributed by atoms with Crippen molar-refractivity contribution in [1.29, 1.82) is 5.26 Å². The predicted octanol–water partition coefficient (Wildman–Crippen LogP) is 4.43. The first-order chi connectivity index (χ1) is 11.9. The Morgan fingerprint density at radius 1 is 1.32 bits per heavy atom. The van der Waals surface area contributed by atoms with E-state index in [-0.39, 0.29) is 16.6 Å². The zero-order chi connectivity index (χ0) is 18.3. The highest BCUT2D eigenvalue weighted by Gasteiger charge is 2.23. The molecule has 0 saturated heterocycles. The van der Waals surface area contributed by atoms with E-state index in [1.54, 1.807) is 12.1 Å². The molecule has 3 aromatic rings. The van der Waals surface area contributed by atoms with E-state index in [1.165, 1.54) is 6.07 Å². The molecule has 126 valence electrons. The molecule has 0 unspecified atom stereocenters. The Balaban J connectivity index is 2.24. The Kier molecular flexibility index (Phi) is 4.56. The molecule has 0 fully saturated rings. The van der Waals surface area contributed by atoms with E-state index < -0.39 is 0 Å². The van der Waals surface area contributed by atoms with Crippen LogP contribution >= 0.6 is 34.5 Å². The first-order valence-corrected chi connectivity index (χ1v) is 8.86. The molecule has 5 nitrogen and oxygen atoms in total. The second-order valence-corrected chi connectivity index (χ2v) is 7.11. The number of aromatic nitrogens is 1. The smallest absolute Gasteiger partial charge is 0.205 e. The van der Waals surface area contributed by atoms with Crippen molar-refractivity contribution in [2.45, 2.75) is 13.3 Å². The van der Waals surface area contributed by atoms with Gasteiger partial charge in [-0.05, 0) is 30.2 Å². The molecule has 0 spiro atoms. The fourth-order valence-corrected chi connectivity index (χ4v) is 4.06. The molecular weight excluding hydrogens is 379 g/mol. The molecule has 0 aliphatic carbocycles. The van der Waals surface area contributed by atoms with Crippen LogP contribution in [0.3, 0.4) is 0 Å². The number of benzene rings is 1. The van der Waals surface area contributed by atoms with Crippen molar-refractivity contribution in [2.75, 3.05) is 11.5 Å². The topological polar surface area (TPSA) is 106 Å². The largest absolute Gasteiger partial charge is 0.397 e. The summed E-state index contributed by atoms with van der Waals surface area (Å²) >= 11 is 13.0. The van der Waals surface area contributed by atoms with Gasteiger partial charge >= 0.3 is 0 Å². The third kappa shape index (κ3) is 2.81. The fourth-order valence-electron chi connectivity index (χ4n) is 2.66. The first-order valence-electron chi connectivity index (χ1n) is 7.29. The van der Waals surface area contributed by atoms with Crippen LogP contribution in [0.25, 0.3) is 10.2 Å². The van der Waals surface area contributed by atoms with E-state index in [2.05, 4.69) is 11.1 Å². The highest BCUT2D eigenvalue weighted by Crippen LogP contribution is 2.39. The van der Waals surface area contributed by atoms with Gasteiger partial charge in [0.2, 0.25) is 5.78 Å². The summed E-state index contributed by atoms with van der Waals surface area (Å²) in [6, 6.07) is 6.71. The van der Waals surface area contributed by atoms with Gasteiger partial charge in [0.05, 0.1) is 21.3 Å². The lowest BCUT2D eigenvalue weighted by Gasteiger charge is -2.06. The molecule has 0 bridgehead atoms. The zero-order valence-electron chi connectivity index (χ0n) is 13.1. The van der Waals surface area contributed by atoms with E-state index in [0.29, 0.717) is 48.9 Å². The Morgan fingerprint density at radius 3 is 2.64 bits per heavy atom. The van der Waals surface area contributed by atoms with Crippen molar-refractivity contribution in [3.8, 4) is 6.07 Å². The summed E-state index contributed by atoms with van der Waals surface area (Å²) in [5.74, 6) is -0.139. The van der Waals surface area contributed by atoms with E-state index in [9.17, 15) is 10.1 Å². The van der Waals surface area contributed by atoms with Crippen molar-refractivity contribution in [3.63, 3.8) is 0 Å². The number of thiophene rings is 1. The zero-order valence-corrected chi connectivity index (χ0v) is 15.4. The predicted molar refractivity (Wildman–Crippen MR) is 102 cm³/mol. The van der Waals surface area contributed by atoms with Gasteiger partial charge in [0.15, 0.2) is 0 Å². The number of nitrogen functional groups attached to an aromatic ring is 2. The van der Waals surface area contributed by atoms with Gasteiger partial charge in [-0.25, -0.2) is 4.98 Å². The Bertz CT molecular complexity index is 1070. The van der Waals surface area contributed by atoms with Crippen LogP contribution in [-0.4, -0.2) is 10.8 Å². The maximum atomic E-state index is 12.8. The molecule has 25 heavy (non-hydrogen) atoms. The molecule has 4 N–H and O–H groups in total. The normalized spacial score (nSPS) is 10.8. The molecule has 2 aromatic heterocycles. The lowest BCUT2D eigenvalue weighted by Crippen LogP contribution is -2.03. The number of fused-ring (bicyclic) bond motifs is 1. The number of nitrogens with zero attached hydrogens (tertiary/aromatic N) is 2. The lowest BCUT2D eigenvalue weighted by molar-refractivity contribution is 0.104. The monoisotopic (exact) mass is 390 g/mol. The lowest BCUT2D eigenvalue weighted by atomic mass is 10.0. The number of carbonyl (C=O) groups is 1. The minimum absolute atomic E-state index is 0.140. The molecule has 1 aromatic carbocycles. The summed E-state index contributed by atoms with van der Waals surface area (Å²) in [5, 5.41) is 10.6. The number of aryl methyl sites for hydroxylation is 1. The molecule has 0 saturated carbocycles. The van der Waals surface area contributed by atoms with E-state index in [4.69, 9.17) is 34.7 Å². The van der Waals surface area contributed by atoms with Crippen LogP contribution in [0.2, 0.25) is 10.0 Å². The Labute approximate surface area is 157 Å². The third-order valence-electron chi connectivity index (χ3n) is 3.86. The summed E-state index contributed by atoms with van der Waals surface area (Å²) < 4.78 is 0. The molecule has 3 rings (SSSR count). The highest BCUT2D eigenvalue weighted by atomic mass is 35.5. The number of rotatable bonds is 3. The number of nitriles is 1. The van der Waals surface area contributed by atoms with Crippen LogP contribution in [0.1, 0.15) is 33.3 Å². The van der Waals surface area contributed by atoms with Gasteiger partial charge in [0.1, 0.15) is 21.6 Å². The fraction of sp³-hybridized carbons (Fsp3) is 0.118. The molecule has 0 aliphatic heterocycles. The number of halogens is 2. The second-order valence-electron chi connectivity index (χ2n) is 5.30. The van der Waals surface area contributed by atoms with E-state index in [1.807, 2.05) is 6.92 Å². The van der Waals surface area contributed by atoms with Crippen LogP contribution in [0.4, 0.5) is 11.5 Å². The van der Waals surface area contributed by atoms with E-state index >= 15 is 0 Å². The van der Waals surface area contributed by atoms with Gasteiger partial charge < -0.3 is 11.5 Å². The summed E-state index contributed by atoms with van der Waals surface area (Å²) in [4.78, 5) is 18.0. The van der Waals surface area contributed by atoms with Crippen molar-refractivity contribution in [3.05, 3.63) is 49.8 Å². The first kappa shape index (κ1) is 17.5. The maximum Gasteiger partial charge on any atom is 0.205 e. The number of pyridine rings is 1. The standard InChI is InChI=1S/C17H12Cl2N4OS/c1-2-8-9(6-20)16(22)23-17-12(8)13(21)15(25-17)14(24)7-3-4-10(18)11(19)5-7/h3-5H,2,21H2,1H3,(H2,22,23). The number of anilines is 2. The molecule has 0 radical (unpaired) electrons. The molecule has 0 aliphatic rings. The number of nitrogens with two attached hydrogens (primary N) is 2. The molecule has 8 heteroatoms. The van der Waals surface area contributed by atoms with Crippen LogP contribution in [0, 0.1) is 11.3 Å². The second kappa shape index (κ2) is 6.52. The Hall–Kier alpha value is -2.33. The summed E-state index contributed by atoms with van der Waals surface area (Å²) in [6.45, 7) is 1.90.